The molecule has 1 aromatic carbocycles. The third-order valence-corrected chi connectivity index (χ3v) is 4.54. The number of benzene rings is 1. The third-order valence-electron chi connectivity index (χ3n) is 4.54. The van der Waals surface area contributed by atoms with Gasteiger partial charge in [0.25, 0.3) is 0 Å². The van der Waals surface area contributed by atoms with E-state index in [-0.39, 0.29) is 0 Å². The van der Waals surface area contributed by atoms with E-state index in [0.717, 1.165) is 17.9 Å². The third kappa shape index (κ3) is 2.57. The van der Waals surface area contributed by atoms with Gasteiger partial charge in [0, 0.05) is 17.3 Å². The first-order valence-electron chi connectivity index (χ1n) is 7.25. The maximum absolute atomic E-state index is 5.92. The van der Waals surface area contributed by atoms with Crippen molar-refractivity contribution >= 4 is 5.69 Å². The van der Waals surface area contributed by atoms with Crippen molar-refractivity contribution in [3.8, 4) is 17.1 Å². The molecule has 21 heavy (non-hydrogen) atoms. The molecule has 2 aromatic rings. The van der Waals surface area contributed by atoms with Gasteiger partial charge in [0.15, 0.2) is 5.82 Å². The van der Waals surface area contributed by atoms with Crippen molar-refractivity contribution in [2.75, 3.05) is 12.8 Å². The molecule has 1 aromatic heterocycles. The normalized spacial score (nSPS) is 16.2. The molecule has 0 saturated heterocycles. The SMILES string of the molecule is COc1cc(N)cc(-c2nnnn2CC2(C(C)C)CC2)c1. The van der Waals surface area contributed by atoms with Gasteiger partial charge in [-0.3, -0.25) is 0 Å². The Labute approximate surface area is 124 Å². The lowest BCUT2D eigenvalue weighted by Crippen LogP contribution is -2.19. The van der Waals surface area contributed by atoms with Crippen molar-refractivity contribution < 1.29 is 4.74 Å². The zero-order chi connectivity index (χ0) is 15.0. The fourth-order valence-corrected chi connectivity index (χ4v) is 2.76. The van der Waals surface area contributed by atoms with Gasteiger partial charge in [0.2, 0.25) is 0 Å². The average molecular weight is 287 g/mol. The molecule has 112 valence electrons. The smallest absolute Gasteiger partial charge is 0.182 e. The zero-order valence-corrected chi connectivity index (χ0v) is 12.7. The van der Waals surface area contributed by atoms with E-state index in [1.54, 1.807) is 13.2 Å². The van der Waals surface area contributed by atoms with Gasteiger partial charge in [-0.2, -0.15) is 0 Å². The first-order valence-corrected chi connectivity index (χ1v) is 7.25. The lowest BCUT2D eigenvalue weighted by molar-refractivity contribution is 0.294. The summed E-state index contributed by atoms with van der Waals surface area (Å²) in [6.07, 6.45) is 2.48. The Morgan fingerprint density at radius 3 is 2.71 bits per heavy atom. The van der Waals surface area contributed by atoms with Crippen LogP contribution in [0.15, 0.2) is 18.2 Å². The van der Waals surface area contributed by atoms with Crippen LogP contribution < -0.4 is 10.5 Å². The molecule has 0 aliphatic heterocycles. The number of methoxy groups -OCH3 is 1. The summed E-state index contributed by atoms with van der Waals surface area (Å²) in [6, 6.07) is 5.57. The quantitative estimate of drug-likeness (QED) is 0.854. The topological polar surface area (TPSA) is 78.8 Å². The molecule has 0 spiro atoms. The molecule has 1 saturated carbocycles. The highest BCUT2D eigenvalue weighted by Gasteiger charge is 2.46. The van der Waals surface area contributed by atoms with E-state index < -0.39 is 0 Å². The van der Waals surface area contributed by atoms with Crippen LogP contribution in [-0.2, 0) is 6.54 Å². The zero-order valence-electron chi connectivity index (χ0n) is 12.7. The number of tetrazole rings is 1. The van der Waals surface area contributed by atoms with Gasteiger partial charge >= 0.3 is 0 Å². The predicted octanol–water partition coefficient (Wildman–Crippen LogP) is 2.37. The van der Waals surface area contributed by atoms with Crippen molar-refractivity contribution in [2.45, 2.75) is 33.2 Å². The van der Waals surface area contributed by atoms with Crippen LogP contribution in [0.1, 0.15) is 26.7 Å². The highest BCUT2D eigenvalue weighted by molar-refractivity contribution is 5.64. The second-order valence-corrected chi connectivity index (χ2v) is 6.17. The minimum atomic E-state index is 0.342. The van der Waals surface area contributed by atoms with Crippen molar-refractivity contribution in [2.24, 2.45) is 11.3 Å². The molecule has 0 amide bonds. The fraction of sp³-hybridized carbons (Fsp3) is 0.533. The summed E-state index contributed by atoms with van der Waals surface area (Å²) in [6.45, 7) is 5.38. The predicted molar refractivity (Wildman–Crippen MR) is 80.7 cm³/mol. The number of ether oxygens (including phenoxy) is 1. The van der Waals surface area contributed by atoms with E-state index in [2.05, 4.69) is 29.4 Å². The molecule has 1 aliphatic rings. The summed E-state index contributed by atoms with van der Waals surface area (Å²) in [5.41, 5.74) is 7.79. The number of rotatable bonds is 5. The van der Waals surface area contributed by atoms with E-state index in [9.17, 15) is 0 Å². The summed E-state index contributed by atoms with van der Waals surface area (Å²) in [4.78, 5) is 0. The largest absolute Gasteiger partial charge is 0.497 e. The monoisotopic (exact) mass is 287 g/mol. The minimum absolute atomic E-state index is 0.342. The maximum Gasteiger partial charge on any atom is 0.182 e. The number of nitrogen functional groups attached to an aromatic ring is 1. The van der Waals surface area contributed by atoms with Crippen molar-refractivity contribution in [3.05, 3.63) is 18.2 Å². The summed E-state index contributed by atoms with van der Waals surface area (Å²) in [5.74, 6) is 2.09. The molecule has 1 fully saturated rings. The van der Waals surface area contributed by atoms with Crippen LogP contribution in [0.5, 0.6) is 5.75 Å². The second-order valence-electron chi connectivity index (χ2n) is 6.17. The van der Waals surface area contributed by atoms with E-state index in [4.69, 9.17) is 10.5 Å². The van der Waals surface area contributed by atoms with Gasteiger partial charge in [-0.05, 0) is 46.7 Å². The standard InChI is InChI=1S/C15H21N5O/c1-10(2)15(4-5-15)9-20-14(17-18-19-20)11-6-12(16)8-13(7-11)21-3/h6-8,10H,4-5,9,16H2,1-3H3. The molecule has 2 N–H and O–H groups in total. The van der Waals surface area contributed by atoms with Gasteiger partial charge in [0.05, 0.1) is 13.7 Å². The van der Waals surface area contributed by atoms with E-state index in [1.165, 1.54) is 12.8 Å². The van der Waals surface area contributed by atoms with Gasteiger partial charge in [0.1, 0.15) is 5.75 Å². The van der Waals surface area contributed by atoms with Crippen LogP contribution in [0, 0.1) is 11.3 Å². The van der Waals surface area contributed by atoms with Crippen LogP contribution in [0.4, 0.5) is 5.69 Å². The van der Waals surface area contributed by atoms with E-state index in [1.807, 2.05) is 16.8 Å². The Morgan fingerprint density at radius 1 is 1.33 bits per heavy atom. The molecule has 0 radical (unpaired) electrons. The van der Waals surface area contributed by atoms with Crippen molar-refractivity contribution in [1.82, 2.24) is 20.2 Å². The van der Waals surface area contributed by atoms with E-state index in [0.29, 0.717) is 22.8 Å². The van der Waals surface area contributed by atoms with Crippen LogP contribution in [0.25, 0.3) is 11.4 Å². The average Bonchev–Trinajstić information content (AvgIpc) is 3.09. The van der Waals surface area contributed by atoms with E-state index >= 15 is 0 Å². The molecule has 0 bridgehead atoms. The second kappa shape index (κ2) is 5.02. The van der Waals surface area contributed by atoms with Crippen LogP contribution in [-0.4, -0.2) is 27.3 Å². The fourth-order valence-electron chi connectivity index (χ4n) is 2.76. The van der Waals surface area contributed by atoms with Gasteiger partial charge in [-0.25, -0.2) is 4.68 Å². The molecule has 0 unspecified atom stereocenters. The van der Waals surface area contributed by atoms with Crippen LogP contribution in [0.3, 0.4) is 0 Å². The summed E-state index contributed by atoms with van der Waals surface area (Å²) in [5, 5.41) is 12.2. The molecule has 6 heteroatoms. The molecular weight excluding hydrogens is 266 g/mol. The summed E-state index contributed by atoms with van der Waals surface area (Å²) < 4.78 is 7.16. The lowest BCUT2D eigenvalue weighted by atomic mass is 9.92. The Bertz CT molecular complexity index is 645. The van der Waals surface area contributed by atoms with Gasteiger partial charge in [-0.1, -0.05) is 13.8 Å². The number of hydrogen-bond donors (Lipinski definition) is 1. The Hall–Kier alpha value is -2.11. The van der Waals surface area contributed by atoms with Gasteiger partial charge < -0.3 is 10.5 Å². The number of anilines is 1. The Kier molecular flexibility index (Phi) is 3.31. The number of aromatic nitrogens is 4. The van der Waals surface area contributed by atoms with Gasteiger partial charge in [-0.15, -0.1) is 5.10 Å². The van der Waals surface area contributed by atoms with Crippen molar-refractivity contribution in [1.29, 1.82) is 0 Å². The molecule has 1 aliphatic carbocycles. The highest BCUT2D eigenvalue weighted by Crippen LogP contribution is 2.53. The van der Waals surface area contributed by atoms with Crippen LogP contribution in [0.2, 0.25) is 0 Å². The first kappa shape index (κ1) is 13.9. The molecule has 1 heterocycles. The maximum atomic E-state index is 5.92. The lowest BCUT2D eigenvalue weighted by Gasteiger charge is -2.19. The molecule has 6 nitrogen and oxygen atoms in total. The summed E-state index contributed by atoms with van der Waals surface area (Å²) >= 11 is 0. The first-order chi connectivity index (χ1) is 10.0. The van der Waals surface area contributed by atoms with Crippen molar-refractivity contribution in [3.63, 3.8) is 0 Å². The molecular formula is C15H21N5O. The van der Waals surface area contributed by atoms with Crippen LogP contribution >= 0.6 is 0 Å². The molecule has 3 rings (SSSR count). The summed E-state index contributed by atoms with van der Waals surface area (Å²) in [7, 11) is 1.62. The number of hydrogen-bond acceptors (Lipinski definition) is 5. The Morgan fingerprint density at radius 2 is 2.10 bits per heavy atom. The highest BCUT2D eigenvalue weighted by atomic mass is 16.5. The molecule has 0 atom stereocenters. The minimum Gasteiger partial charge on any atom is -0.497 e. The number of nitrogens with two attached hydrogens (primary N) is 1. The number of nitrogens with zero attached hydrogens (tertiary/aromatic N) is 4. The Balaban J connectivity index is 1.94.